The fourth-order valence-electron chi connectivity index (χ4n) is 2.07. The van der Waals surface area contributed by atoms with E-state index >= 15 is 0 Å². The second kappa shape index (κ2) is 7.89. The van der Waals surface area contributed by atoms with Gasteiger partial charge in [0.15, 0.2) is 0 Å². The third kappa shape index (κ3) is 4.27. The quantitative estimate of drug-likeness (QED) is 0.884. The maximum atomic E-state index is 12.9. The molecule has 0 saturated carbocycles. The summed E-state index contributed by atoms with van der Waals surface area (Å²) >= 11 is 1.53. The number of thiazole rings is 1. The first kappa shape index (κ1) is 16.4. The Hall–Kier alpha value is -1.95. The molecule has 22 heavy (non-hydrogen) atoms. The number of benzene rings is 1. The number of urea groups is 1. The molecule has 0 radical (unpaired) electrons. The summed E-state index contributed by atoms with van der Waals surface area (Å²) in [6, 6.07) is 6.26. The fourth-order valence-corrected chi connectivity index (χ4v) is 2.93. The first-order valence-corrected chi connectivity index (χ1v) is 8.25. The van der Waals surface area contributed by atoms with E-state index in [1.165, 1.54) is 23.5 Å². The third-order valence-corrected chi connectivity index (χ3v) is 4.29. The molecule has 0 fully saturated rings. The van der Waals surface area contributed by atoms with Gasteiger partial charge >= 0.3 is 6.03 Å². The van der Waals surface area contributed by atoms with Gasteiger partial charge in [0.25, 0.3) is 0 Å². The van der Waals surface area contributed by atoms with Gasteiger partial charge in [0.05, 0.1) is 5.69 Å². The zero-order valence-corrected chi connectivity index (χ0v) is 13.6. The van der Waals surface area contributed by atoms with Crippen LogP contribution in [0, 0.1) is 5.82 Å². The van der Waals surface area contributed by atoms with Gasteiger partial charge in [-0.2, -0.15) is 0 Å². The summed E-state index contributed by atoms with van der Waals surface area (Å²) in [7, 11) is 0. The van der Waals surface area contributed by atoms with E-state index in [4.69, 9.17) is 0 Å². The van der Waals surface area contributed by atoms with E-state index in [0.717, 1.165) is 16.3 Å². The normalized spacial score (nSPS) is 10.5. The number of carbonyl (C=O) groups excluding carboxylic acids is 1. The van der Waals surface area contributed by atoms with Crippen molar-refractivity contribution in [1.82, 2.24) is 15.2 Å². The standard InChI is InChI=1S/C16H20FN3OS/c1-3-20(4-2)16(21)18-10-9-14-11-22-15(19-14)12-5-7-13(17)8-6-12/h5-8,11H,3-4,9-10H2,1-2H3,(H,18,21). The first-order chi connectivity index (χ1) is 10.6. The minimum Gasteiger partial charge on any atom is -0.338 e. The van der Waals surface area contributed by atoms with E-state index < -0.39 is 0 Å². The smallest absolute Gasteiger partial charge is 0.317 e. The van der Waals surface area contributed by atoms with Gasteiger partial charge in [0, 0.05) is 37.0 Å². The van der Waals surface area contributed by atoms with Gasteiger partial charge in [-0.3, -0.25) is 0 Å². The SMILES string of the molecule is CCN(CC)C(=O)NCCc1csc(-c2ccc(F)cc2)n1. The summed E-state index contributed by atoms with van der Waals surface area (Å²) in [5.41, 5.74) is 1.84. The largest absolute Gasteiger partial charge is 0.338 e. The second-order valence-corrected chi connectivity index (χ2v) is 5.66. The van der Waals surface area contributed by atoms with Crippen LogP contribution < -0.4 is 5.32 Å². The lowest BCUT2D eigenvalue weighted by molar-refractivity contribution is 0.203. The molecule has 0 aliphatic rings. The van der Waals surface area contributed by atoms with Crippen LogP contribution in [0.15, 0.2) is 29.6 Å². The van der Waals surface area contributed by atoms with Crippen LogP contribution in [0.2, 0.25) is 0 Å². The Morgan fingerprint density at radius 2 is 1.95 bits per heavy atom. The maximum absolute atomic E-state index is 12.9. The number of aromatic nitrogens is 1. The molecule has 0 unspecified atom stereocenters. The van der Waals surface area contributed by atoms with Gasteiger partial charge in [-0.15, -0.1) is 11.3 Å². The van der Waals surface area contributed by atoms with Crippen molar-refractivity contribution in [2.75, 3.05) is 19.6 Å². The van der Waals surface area contributed by atoms with Crippen molar-refractivity contribution in [2.45, 2.75) is 20.3 Å². The van der Waals surface area contributed by atoms with E-state index in [0.29, 0.717) is 26.1 Å². The Balaban J connectivity index is 1.87. The van der Waals surface area contributed by atoms with Gasteiger partial charge < -0.3 is 10.2 Å². The predicted octanol–water partition coefficient (Wildman–Crippen LogP) is 3.54. The molecule has 1 N–H and O–H groups in total. The molecule has 6 heteroatoms. The van der Waals surface area contributed by atoms with Crippen molar-refractivity contribution in [1.29, 1.82) is 0 Å². The van der Waals surface area contributed by atoms with Crippen LogP contribution in [0.25, 0.3) is 10.6 Å². The van der Waals surface area contributed by atoms with Crippen LogP contribution in [-0.2, 0) is 6.42 Å². The Morgan fingerprint density at radius 1 is 1.27 bits per heavy atom. The molecule has 118 valence electrons. The van der Waals surface area contributed by atoms with E-state index in [1.807, 2.05) is 19.2 Å². The molecule has 1 aromatic carbocycles. The molecule has 1 heterocycles. The molecule has 0 saturated heterocycles. The van der Waals surface area contributed by atoms with Crippen LogP contribution in [0.3, 0.4) is 0 Å². The topological polar surface area (TPSA) is 45.2 Å². The van der Waals surface area contributed by atoms with Gasteiger partial charge in [-0.25, -0.2) is 14.2 Å². The van der Waals surface area contributed by atoms with Crippen molar-refractivity contribution in [3.05, 3.63) is 41.2 Å². The summed E-state index contributed by atoms with van der Waals surface area (Å²) < 4.78 is 12.9. The zero-order valence-electron chi connectivity index (χ0n) is 12.8. The van der Waals surface area contributed by atoms with Gasteiger partial charge in [0.2, 0.25) is 0 Å². The minimum absolute atomic E-state index is 0.0426. The molecule has 0 atom stereocenters. The van der Waals surface area contributed by atoms with Gasteiger partial charge in [-0.05, 0) is 38.1 Å². The third-order valence-electron chi connectivity index (χ3n) is 3.35. The molecule has 0 aliphatic carbocycles. The molecular weight excluding hydrogens is 301 g/mol. The molecule has 0 spiro atoms. The summed E-state index contributed by atoms with van der Waals surface area (Å²) in [4.78, 5) is 18.1. The second-order valence-electron chi connectivity index (χ2n) is 4.81. The van der Waals surface area contributed by atoms with Crippen LogP contribution in [0.5, 0.6) is 0 Å². The van der Waals surface area contributed by atoms with E-state index in [2.05, 4.69) is 10.3 Å². The predicted molar refractivity (Wildman–Crippen MR) is 87.5 cm³/mol. The molecule has 2 aromatic rings. The van der Waals surface area contributed by atoms with Crippen molar-refractivity contribution >= 4 is 17.4 Å². The molecule has 2 rings (SSSR count). The Bertz CT molecular complexity index is 608. The summed E-state index contributed by atoms with van der Waals surface area (Å²) in [6.45, 7) is 5.88. The Labute approximate surface area is 134 Å². The highest BCUT2D eigenvalue weighted by Gasteiger charge is 2.09. The summed E-state index contributed by atoms with van der Waals surface area (Å²) in [5.74, 6) is -0.250. The van der Waals surface area contributed by atoms with Crippen molar-refractivity contribution in [2.24, 2.45) is 0 Å². The number of hydrogen-bond donors (Lipinski definition) is 1. The summed E-state index contributed by atoms with van der Waals surface area (Å²) in [5, 5.41) is 5.73. The minimum atomic E-state index is -0.250. The highest BCUT2D eigenvalue weighted by atomic mass is 32.1. The number of carbonyl (C=O) groups is 1. The average molecular weight is 321 g/mol. The van der Waals surface area contributed by atoms with E-state index in [1.54, 1.807) is 17.0 Å². The molecule has 4 nitrogen and oxygen atoms in total. The van der Waals surface area contributed by atoms with E-state index in [9.17, 15) is 9.18 Å². The number of amides is 2. The first-order valence-electron chi connectivity index (χ1n) is 7.37. The van der Waals surface area contributed by atoms with Gasteiger partial charge in [-0.1, -0.05) is 0 Å². The van der Waals surface area contributed by atoms with Crippen LogP contribution >= 0.6 is 11.3 Å². The van der Waals surface area contributed by atoms with Crippen molar-refractivity contribution in [3.63, 3.8) is 0 Å². The number of hydrogen-bond acceptors (Lipinski definition) is 3. The van der Waals surface area contributed by atoms with Gasteiger partial charge in [0.1, 0.15) is 10.8 Å². The lowest BCUT2D eigenvalue weighted by Crippen LogP contribution is -2.40. The number of nitrogens with zero attached hydrogens (tertiary/aromatic N) is 2. The molecular formula is C16H20FN3OS. The number of rotatable bonds is 6. The Kier molecular flexibility index (Phi) is 5.89. The van der Waals surface area contributed by atoms with Crippen LogP contribution in [-0.4, -0.2) is 35.5 Å². The van der Waals surface area contributed by atoms with Crippen molar-refractivity contribution < 1.29 is 9.18 Å². The Morgan fingerprint density at radius 3 is 2.59 bits per heavy atom. The lowest BCUT2D eigenvalue weighted by Gasteiger charge is -2.18. The number of halogens is 1. The zero-order chi connectivity index (χ0) is 15.9. The highest BCUT2D eigenvalue weighted by Crippen LogP contribution is 2.23. The van der Waals surface area contributed by atoms with E-state index in [-0.39, 0.29) is 11.8 Å². The molecule has 0 aliphatic heterocycles. The lowest BCUT2D eigenvalue weighted by atomic mass is 10.2. The van der Waals surface area contributed by atoms with Crippen LogP contribution in [0.4, 0.5) is 9.18 Å². The maximum Gasteiger partial charge on any atom is 0.317 e. The molecule has 1 aromatic heterocycles. The highest BCUT2D eigenvalue weighted by molar-refractivity contribution is 7.13. The van der Waals surface area contributed by atoms with Crippen LogP contribution in [0.1, 0.15) is 19.5 Å². The van der Waals surface area contributed by atoms with Crippen molar-refractivity contribution in [3.8, 4) is 10.6 Å². The molecule has 0 bridgehead atoms. The number of nitrogens with one attached hydrogen (secondary N) is 1. The molecule has 2 amide bonds. The fraction of sp³-hybridized carbons (Fsp3) is 0.375. The summed E-state index contributed by atoms with van der Waals surface area (Å²) in [6.07, 6.45) is 0.685. The average Bonchev–Trinajstić information content (AvgIpc) is 2.98. The monoisotopic (exact) mass is 321 g/mol.